The maximum absolute atomic E-state index is 13.9. The quantitative estimate of drug-likeness (QED) is 0.513. The molecule has 30 heavy (non-hydrogen) atoms. The van der Waals surface area contributed by atoms with E-state index in [1.807, 2.05) is 24.5 Å². The maximum atomic E-state index is 13.9. The van der Waals surface area contributed by atoms with Gasteiger partial charge in [0, 0.05) is 22.6 Å². The van der Waals surface area contributed by atoms with Gasteiger partial charge in [0.25, 0.3) is 5.91 Å². The second kappa shape index (κ2) is 7.59. The van der Waals surface area contributed by atoms with E-state index in [0.717, 1.165) is 16.3 Å². The average molecular weight is 407 g/mol. The van der Waals surface area contributed by atoms with Gasteiger partial charge in [0.05, 0.1) is 6.54 Å². The summed E-state index contributed by atoms with van der Waals surface area (Å²) in [5.74, 6) is -1.35. The summed E-state index contributed by atoms with van der Waals surface area (Å²) in [6.07, 6.45) is 1.58. The van der Waals surface area contributed by atoms with Gasteiger partial charge in [0.15, 0.2) is 0 Å². The SMILES string of the molecule is Cc1cc(/C=C2/NC(=O)N(Cc3ccccc3F)C2=O)c(C)n1-c1cccc(F)c1. The molecule has 0 unspecified atom stereocenters. The van der Waals surface area contributed by atoms with Crippen LogP contribution < -0.4 is 5.32 Å². The van der Waals surface area contributed by atoms with Crippen LogP contribution in [0.4, 0.5) is 13.6 Å². The van der Waals surface area contributed by atoms with E-state index in [9.17, 15) is 18.4 Å². The van der Waals surface area contributed by atoms with E-state index < -0.39 is 17.8 Å². The molecule has 7 heteroatoms. The Morgan fingerprint density at radius 1 is 1.00 bits per heavy atom. The summed E-state index contributed by atoms with van der Waals surface area (Å²) in [6, 6.07) is 13.5. The number of hydrogen-bond donors (Lipinski definition) is 1. The zero-order valence-corrected chi connectivity index (χ0v) is 16.4. The molecule has 1 N–H and O–H groups in total. The number of nitrogens with one attached hydrogen (secondary N) is 1. The molecule has 0 atom stereocenters. The lowest BCUT2D eigenvalue weighted by Gasteiger charge is -2.12. The van der Waals surface area contributed by atoms with Crippen molar-refractivity contribution < 1.29 is 18.4 Å². The van der Waals surface area contributed by atoms with E-state index in [2.05, 4.69) is 5.32 Å². The van der Waals surface area contributed by atoms with Gasteiger partial charge in [-0.25, -0.2) is 13.6 Å². The van der Waals surface area contributed by atoms with Crippen LogP contribution in [-0.2, 0) is 11.3 Å². The smallest absolute Gasteiger partial charge is 0.318 e. The molecule has 4 rings (SSSR count). The summed E-state index contributed by atoms with van der Waals surface area (Å²) < 4.78 is 29.4. The zero-order valence-electron chi connectivity index (χ0n) is 16.4. The lowest BCUT2D eigenvalue weighted by molar-refractivity contribution is -0.123. The Balaban J connectivity index is 1.64. The Labute approximate surface area is 172 Å². The van der Waals surface area contributed by atoms with Crippen LogP contribution in [0.3, 0.4) is 0 Å². The molecule has 1 aromatic heterocycles. The second-order valence-corrected chi connectivity index (χ2v) is 7.11. The first-order valence-corrected chi connectivity index (χ1v) is 9.38. The van der Waals surface area contributed by atoms with Gasteiger partial charge in [-0.05, 0) is 55.8 Å². The number of carbonyl (C=O) groups is 2. The number of nitrogens with zero attached hydrogens (tertiary/aromatic N) is 2. The summed E-state index contributed by atoms with van der Waals surface area (Å²) >= 11 is 0. The minimum atomic E-state index is -0.603. The van der Waals surface area contributed by atoms with Gasteiger partial charge >= 0.3 is 6.03 Å². The summed E-state index contributed by atoms with van der Waals surface area (Å²) in [6.45, 7) is 3.57. The monoisotopic (exact) mass is 407 g/mol. The van der Waals surface area contributed by atoms with Gasteiger partial charge in [0.1, 0.15) is 17.3 Å². The summed E-state index contributed by atoms with van der Waals surface area (Å²) in [5, 5.41) is 2.55. The molecule has 2 heterocycles. The van der Waals surface area contributed by atoms with E-state index in [0.29, 0.717) is 11.3 Å². The molecule has 0 radical (unpaired) electrons. The number of amides is 3. The summed E-state index contributed by atoms with van der Waals surface area (Å²) in [4.78, 5) is 26.0. The standard InChI is InChI=1S/C23H19F2N3O2/c1-14-10-17(15(2)28(14)19-8-5-7-18(24)12-19)11-21-22(29)27(23(30)26-21)13-16-6-3-4-9-20(16)25/h3-12H,13H2,1-2H3,(H,26,30)/b21-11+. The molecule has 0 bridgehead atoms. The topological polar surface area (TPSA) is 54.3 Å². The maximum Gasteiger partial charge on any atom is 0.329 e. The molecule has 0 spiro atoms. The predicted octanol–water partition coefficient (Wildman–Crippen LogP) is 4.47. The first-order chi connectivity index (χ1) is 14.3. The van der Waals surface area contributed by atoms with Crippen LogP contribution in [0.15, 0.2) is 60.3 Å². The highest BCUT2D eigenvalue weighted by atomic mass is 19.1. The average Bonchev–Trinajstić information content (AvgIpc) is 3.13. The first kappa shape index (κ1) is 19.6. The van der Waals surface area contributed by atoms with Crippen molar-refractivity contribution in [1.82, 2.24) is 14.8 Å². The molecule has 3 aromatic rings. The van der Waals surface area contributed by atoms with Crippen molar-refractivity contribution in [3.63, 3.8) is 0 Å². The van der Waals surface area contributed by atoms with Crippen molar-refractivity contribution in [3.8, 4) is 5.69 Å². The van der Waals surface area contributed by atoms with Crippen molar-refractivity contribution in [2.75, 3.05) is 0 Å². The highest BCUT2D eigenvalue weighted by Crippen LogP contribution is 2.25. The Bertz CT molecular complexity index is 1200. The number of hydrogen-bond acceptors (Lipinski definition) is 2. The highest BCUT2D eigenvalue weighted by molar-refractivity contribution is 6.14. The fourth-order valence-corrected chi connectivity index (χ4v) is 3.61. The number of benzene rings is 2. The van der Waals surface area contributed by atoms with E-state index in [1.165, 1.54) is 24.3 Å². The molecule has 3 amide bonds. The Morgan fingerprint density at radius 3 is 2.50 bits per heavy atom. The molecule has 0 saturated carbocycles. The Morgan fingerprint density at radius 2 is 1.77 bits per heavy atom. The van der Waals surface area contributed by atoms with Crippen LogP contribution in [-0.4, -0.2) is 21.4 Å². The van der Waals surface area contributed by atoms with Gasteiger partial charge in [0.2, 0.25) is 0 Å². The molecule has 2 aromatic carbocycles. The molecule has 1 aliphatic rings. The number of halogens is 2. The molecule has 1 fully saturated rings. The number of urea groups is 1. The van der Waals surface area contributed by atoms with Crippen LogP contribution in [0.25, 0.3) is 11.8 Å². The van der Waals surface area contributed by atoms with Crippen molar-refractivity contribution in [2.24, 2.45) is 0 Å². The fraction of sp³-hybridized carbons (Fsp3) is 0.130. The number of aryl methyl sites for hydroxylation is 1. The van der Waals surface area contributed by atoms with Crippen LogP contribution in [0.5, 0.6) is 0 Å². The molecule has 0 aliphatic carbocycles. The minimum absolute atomic E-state index is 0.107. The highest BCUT2D eigenvalue weighted by Gasteiger charge is 2.34. The fourth-order valence-electron chi connectivity index (χ4n) is 3.61. The predicted molar refractivity (Wildman–Crippen MR) is 109 cm³/mol. The number of imide groups is 1. The van der Waals surface area contributed by atoms with Gasteiger partial charge in [-0.1, -0.05) is 24.3 Å². The third-order valence-corrected chi connectivity index (χ3v) is 5.09. The van der Waals surface area contributed by atoms with Crippen LogP contribution in [0.1, 0.15) is 22.5 Å². The molecule has 5 nitrogen and oxygen atoms in total. The van der Waals surface area contributed by atoms with E-state index in [1.54, 1.807) is 30.3 Å². The number of aromatic nitrogens is 1. The van der Waals surface area contributed by atoms with Crippen LogP contribution >= 0.6 is 0 Å². The molecule has 1 saturated heterocycles. The number of carbonyl (C=O) groups excluding carboxylic acids is 2. The van der Waals surface area contributed by atoms with E-state index in [4.69, 9.17) is 0 Å². The second-order valence-electron chi connectivity index (χ2n) is 7.11. The van der Waals surface area contributed by atoms with Crippen molar-refractivity contribution in [1.29, 1.82) is 0 Å². The molecule has 1 aliphatic heterocycles. The van der Waals surface area contributed by atoms with Gasteiger partial charge in [-0.15, -0.1) is 0 Å². The lowest BCUT2D eigenvalue weighted by atomic mass is 10.2. The minimum Gasteiger partial charge on any atom is -0.318 e. The van der Waals surface area contributed by atoms with Gasteiger partial charge in [-0.2, -0.15) is 0 Å². The Kier molecular flexibility index (Phi) is 4.95. The lowest BCUT2D eigenvalue weighted by Crippen LogP contribution is -2.30. The molecule has 152 valence electrons. The molecular weight excluding hydrogens is 388 g/mol. The van der Waals surface area contributed by atoms with Crippen molar-refractivity contribution in [2.45, 2.75) is 20.4 Å². The van der Waals surface area contributed by atoms with Crippen molar-refractivity contribution >= 4 is 18.0 Å². The summed E-state index contributed by atoms with van der Waals surface area (Å²) in [7, 11) is 0. The van der Waals surface area contributed by atoms with Crippen LogP contribution in [0, 0.1) is 25.5 Å². The van der Waals surface area contributed by atoms with Gasteiger partial charge in [-0.3, -0.25) is 9.69 Å². The van der Waals surface area contributed by atoms with E-state index in [-0.39, 0.29) is 23.6 Å². The first-order valence-electron chi connectivity index (χ1n) is 9.38. The Hall–Kier alpha value is -3.74. The van der Waals surface area contributed by atoms with Crippen LogP contribution in [0.2, 0.25) is 0 Å². The zero-order chi connectivity index (χ0) is 21.4. The van der Waals surface area contributed by atoms with Gasteiger partial charge < -0.3 is 9.88 Å². The van der Waals surface area contributed by atoms with Crippen molar-refractivity contribution in [3.05, 3.63) is 94.4 Å². The third kappa shape index (κ3) is 3.50. The largest absolute Gasteiger partial charge is 0.329 e. The third-order valence-electron chi connectivity index (χ3n) is 5.09. The molecular formula is C23H19F2N3O2. The summed E-state index contributed by atoms with van der Waals surface area (Å²) in [5.41, 5.74) is 3.39. The number of rotatable bonds is 4. The normalized spacial score (nSPS) is 15.2. The van der Waals surface area contributed by atoms with E-state index >= 15 is 0 Å².